The maximum atomic E-state index is 10.5. The number of fused-ring (bicyclic) bond motifs is 4. The van der Waals surface area contributed by atoms with E-state index in [1.165, 1.54) is 5.57 Å². The van der Waals surface area contributed by atoms with Crippen molar-refractivity contribution in [3.63, 3.8) is 0 Å². The number of hydrogen-bond acceptors (Lipinski definition) is 3. The van der Waals surface area contributed by atoms with E-state index in [1.807, 2.05) is 0 Å². The summed E-state index contributed by atoms with van der Waals surface area (Å²) in [4.78, 5) is 0. The lowest BCUT2D eigenvalue weighted by atomic mass is 9.78. The standard InChI is InChI=1S/C15H24O3/c1-13(2)7-11-10(9-16)6-15(17)5-4-14(3,18-15)12(11)8-13/h12,16-17H,4-9H2,1-3H3/t12-,14-,15+/m0/s1. The molecule has 0 spiro atoms. The first-order valence-electron chi connectivity index (χ1n) is 7.01. The number of ether oxygens (including phenoxy) is 1. The molecule has 102 valence electrons. The van der Waals surface area contributed by atoms with Gasteiger partial charge in [-0.05, 0) is 37.2 Å². The van der Waals surface area contributed by atoms with Crippen molar-refractivity contribution in [2.75, 3.05) is 6.61 Å². The zero-order valence-corrected chi connectivity index (χ0v) is 11.6. The number of aliphatic hydroxyl groups is 2. The Morgan fingerprint density at radius 3 is 2.61 bits per heavy atom. The fraction of sp³-hybridized carbons (Fsp3) is 0.867. The molecule has 0 aromatic heterocycles. The molecule has 1 saturated carbocycles. The van der Waals surface area contributed by atoms with E-state index >= 15 is 0 Å². The van der Waals surface area contributed by atoms with Crippen molar-refractivity contribution in [2.24, 2.45) is 11.3 Å². The van der Waals surface area contributed by atoms with Crippen molar-refractivity contribution in [3.05, 3.63) is 11.1 Å². The second kappa shape index (κ2) is 3.59. The zero-order chi connectivity index (χ0) is 13.2. The average Bonchev–Trinajstić information content (AvgIpc) is 2.72. The third-order valence-corrected chi connectivity index (χ3v) is 5.15. The molecule has 2 N–H and O–H groups in total. The van der Waals surface area contributed by atoms with Gasteiger partial charge in [-0.2, -0.15) is 0 Å². The molecule has 18 heavy (non-hydrogen) atoms. The molecule has 1 aliphatic carbocycles. The Hall–Kier alpha value is -0.380. The summed E-state index contributed by atoms with van der Waals surface area (Å²) in [7, 11) is 0. The van der Waals surface area contributed by atoms with Crippen LogP contribution in [0.3, 0.4) is 0 Å². The molecule has 3 nitrogen and oxygen atoms in total. The molecule has 3 atom stereocenters. The van der Waals surface area contributed by atoms with E-state index in [1.54, 1.807) is 0 Å². The molecular formula is C15H24O3. The SMILES string of the molecule is CC1(C)CC2=C(CO)C[C@@]3(O)CC[C@](C)(O3)[C@H]2C1. The largest absolute Gasteiger partial charge is 0.392 e. The monoisotopic (exact) mass is 252 g/mol. The summed E-state index contributed by atoms with van der Waals surface area (Å²) in [5.74, 6) is -0.667. The minimum Gasteiger partial charge on any atom is -0.392 e. The van der Waals surface area contributed by atoms with Crippen LogP contribution in [0.15, 0.2) is 11.1 Å². The van der Waals surface area contributed by atoms with Gasteiger partial charge in [0, 0.05) is 18.8 Å². The highest BCUT2D eigenvalue weighted by atomic mass is 16.6. The van der Waals surface area contributed by atoms with Crippen LogP contribution in [0, 0.1) is 11.3 Å². The van der Waals surface area contributed by atoms with E-state index in [4.69, 9.17) is 4.74 Å². The topological polar surface area (TPSA) is 49.7 Å². The van der Waals surface area contributed by atoms with Gasteiger partial charge < -0.3 is 14.9 Å². The van der Waals surface area contributed by atoms with E-state index in [-0.39, 0.29) is 17.6 Å². The Morgan fingerprint density at radius 1 is 1.22 bits per heavy atom. The van der Waals surface area contributed by atoms with Gasteiger partial charge in [-0.15, -0.1) is 0 Å². The number of aliphatic hydroxyl groups excluding tert-OH is 1. The van der Waals surface area contributed by atoms with Gasteiger partial charge in [0.2, 0.25) is 0 Å². The Morgan fingerprint density at radius 2 is 1.94 bits per heavy atom. The zero-order valence-electron chi connectivity index (χ0n) is 11.6. The highest BCUT2D eigenvalue weighted by Crippen LogP contribution is 2.58. The second-order valence-corrected chi connectivity index (χ2v) is 7.42. The fourth-order valence-electron chi connectivity index (χ4n) is 4.30. The van der Waals surface area contributed by atoms with E-state index < -0.39 is 5.79 Å². The van der Waals surface area contributed by atoms with E-state index in [0.717, 1.165) is 24.8 Å². The van der Waals surface area contributed by atoms with Gasteiger partial charge in [0.15, 0.2) is 5.79 Å². The summed E-state index contributed by atoms with van der Waals surface area (Å²) in [6, 6.07) is 0. The molecule has 0 unspecified atom stereocenters. The van der Waals surface area contributed by atoms with Crippen molar-refractivity contribution < 1.29 is 14.9 Å². The molecular weight excluding hydrogens is 228 g/mol. The minimum atomic E-state index is -1.03. The van der Waals surface area contributed by atoms with Gasteiger partial charge >= 0.3 is 0 Å². The predicted molar refractivity (Wildman–Crippen MR) is 68.9 cm³/mol. The summed E-state index contributed by atoms with van der Waals surface area (Å²) < 4.78 is 6.04. The number of rotatable bonds is 1. The van der Waals surface area contributed by atoms with Crippen LogP contribution in [0.1, 0.15) is 52.9 Å². The first-order valence-corrected chi connectivity index (χ1v) is 7.01. The van der Waals surface area contributed by atoms with Gasteiger partial charge in [0.05, 0.1) is 12.2 Å². The van der Waals surface area contributed by atoms with Gasteiger partial charge in [-0.25, -0.2) is 0 Å². The first kappa shape index (κ1) is 12.6. The predicted octanol–water partition coefficient (Wildman–Crippen LogP) is 2.37. The quantitative estimate of drug-likeness (QED) is 0.704. The summed E-state index contributed by atoms with van der Waals surface area (Å²) in [6.07, 6.45) is 4.23. The van der Waals surface area contributed by atoms with Crippen LogP contribution in [-0.2, 0) is 4.74 Å². The molecule has 1 saturated heterocycles. The van der Waals surface area contributed by atoms with Crippen LogP contribution in [0.25, 0.3) is 0 Å². The van der Waals surface area contributed by atoms with Crippen molar-refractivity contribution in [3.8, 4) is 0 Å². The molecule has 0 amide bonds. The molecule has 3 aliphatic rings. The molecule has 3 rings (SSSR count). The summed E-state index contributed by atoms with van der Waals surface area (Å²) in [6.45, 7) is 6.77. The summed E-state index contributed by atoms with van der Waals surface area (Å²) in [5, 5.41) is 20.1. The van der Waals surface area contributed by atoms with E-state index in [0.29, 0.717) is 18.8 Å². The molecule has 2 bridgehead atoms. The fourth-order valence-corrected chi connectivity index (χ4v) is 4.30. The van der Waals surface area contributed by atoms with Crippen molar-refractivity contribution in [1.29, 1.82) is 0 Å². The summed E-state index contributed by atoms with van der Waals surface area (Å²) >= 11 is 0. The smallest absolute Gasteiger partial charge is 0.170 e. The first-order chi connectivity index (χ1) is 8.27. The van der Waals surface area contributed by atoms with E-state index in [9.17, 15) is 10.2 Å². The van der Waals surface area contributed by atoms with E-state index in [2.05, 4.69) is 20.8 Å². The van der Waals surface area contributed by atoms with Gasteiger partial charge in [-0.1, -0.05) is 19.4 Å². The summed E-state index contributed by atoms with van der Waals surface area (Å²) in [5.41, 5.74) is 2.43. The third-order valence-electron chi connectivity index (χ3n) is 5.15. The maximum absolute atomic E-state index is 10.5. The Kier molecular flexibility index (Phi) is 2.52. The molecule has 3 heteroatoms. The van der Waals surface area contributed by atoms with Crippen LogP contribution in [0.4, 0.5) is 0 Å². The Bertz CT molecular complexity index is 412. The second-order valence-electron chi connectivity index (χ2n) is 7.42. The molecule has 2 fully saturated rings. The highest BCUT2D eigenvalue weighted by Gasteiger charge is 2.56. The average molecular weight is 252 g/mol. The molecule has 0 aromatic carbocycles. The van der Waals surface area contributed by atoms with Crippen LogP contribution in [0.5, 0.6) is 0 Å². The Balaban J connectivity index is 2.08. The van der Waals surface area contributed by atoms with Gasteiger partial charge in [0.1, 0.15) is 0 Å². The molecule has 0 radical (unpaired) electrons. The highest BCUT2D eigenvalue weighted by molar-refractivity contribution is 5.30. The lowest BCUT2D eigenvalue weighted by Crippen LogP contribution is -2.37. The minimum absolute atomic E-state index is 0.0592. The third kappa shape index (κ3) is 1.75. The van der Waals surface area contributed by atoms with Crippen LogP contribution in [-0.4, -0.2) is 28.2 Å². The molecule has 2 heterocycles. The lowest BCUT2D eigenvalue weighted by molar-refractivity contribution is -0.224. The van der Waals surface area contributed by atoms with Gasteiger partial charge in [0.25, 0.3) is 0 Å². The van der Waals surface area contributed by atoms with Crippen molar-refractivity contribution >= 4 is 0 Å². The lowest BCUT2D eigenvalue weighted by Gasteiger charge is -2.33. The van der Waals surface area contributed by atoms with Gasteiger partial charge in [-0.3, -0.25) is 0 Å². The normalized spacial score (nSPS) is 46.2. The Labute approximate surface area is 109 Å². The van der Waals surface area contributed by atoms with Crippen LogP contribution < -0.4 is 0 Å². The maximum Gasteiger partial charge on any atom is 0.170 e. The number of hydrogen-bond donors (Lipinski definition) is 2. The molecule has 2 aliphatic heterocycles. The van der Waals surface area contributed by atoms with Crippen LogP contribution >= 0.6 is 0 Å². The van der Waals surface area contributed by atoms with Crippen LogP contribution in [0.2, 0.25) is 0 Å². The van der Waals surface area contributed by atoms with Crippen molar-refractivity contribution in [1.82, 2.24) is 0 Å². The van der Waals surface area contributed by atoms with Crippen molar-refractivity contribution in [2.45, 2.75) is 64.3 Å². The molecule has 0 aromatic rings.